The summed E-state index contributed by atoms with van der Waals surface area (Å²) in [5.41, 5.74) is 0.833. The first-order valence-electron chi connectivity index (χ1n) is 10.2. The first-order valence-corrected chi connectivity index (χ1v) is 11.3. The lowest BCUT2D eigenvalue weighted by molar-refractivity contribution is -0.161. The van der Waals surface area contributed by atoms with Crippen LogP contribution in [-0.4, -0.2) is 81.3 Å². The lowest BCUT2D eigenvalue weighted by Crippen LogP contribution is -2.67. The van der Waals surface area contributed by atoms with Gasteiger partial charge < -0.3 is 30.1 Å². The standard InChI is InChI=1S/C20H24N4O9S/c1-10-7-14(27)24(10)15(17(29)30)19(2,34(32)33)9-21-23-18(31)20(5-6-20)22-16(28)11-3-4-12(25)13(26)8-11/h3-4,8-10,15,25-26H,5-7H2,1-2H3,(H,22,28)(H,23,31)(H,29,30)(H,32,33)/b21-9+/t10-,15+,19+/m1/s1. The Kier molecular flexibility index (Phi) is 6.66. The summed E-state index contributed by atoms with van der Waals surface area (Å²) in [4.78, 5) is 49.9. The van der Waals surface area contributed by atoms with Gasteiger partial charge in [-0.3, -0.25) is 14.4 Å². The van der Waals surface area contributed by atoms with Gasteiger partial charge in [0.1, 0.15) is 10.3 Å². The Bertz CT molecular complexity index is 1100. The van der Waals surface area contributed by atoms with E-state index in [1.54, 1.807) is 6.92 Å². The molecule has 0 spiro atoms. The molecular weight excluding hydrogens is 472 g/mol. The Morgan fingerprint density at radius 2 is 1.94 bits per heavy atom. The second-order valence-corrected chi connectivity index (χ2v) is 9.84. The van der Waals surface area contributed by atoms with Crippen molar-refractivity contribution in [3.05, 3.63) is 23.8 Å². The number of aliphatic carboxylic acids is 1. The summed E-state index contributed by atoms with van der Waals surface area (Å²) in [7, 11) is 0. The number of carboxylic acid groups (broad SMARTS) is 1. The monoisotopic (exact) mass is 496 g/mol. The van der Waals surface area contributed by atoms with Crippen molar-refractivity contribution in [3.63, 3.8) is 0 Å². The van der Waals surface area contributed by atoms with Gasteiger partial charge in [-0.2, -0.15) is 5.10 Å². The number of hydrogen-bond donors (Lipinski definition) is 6. The molecule has 1 saturated heterocycles. The topological polar surface area (TPSA) is 206 Å². The molecule has 6 N–H and O–H groups in total. The number of benzene rings is 1. The highest BCUT2D eigenvalue weighted by Crippen LogP contribution is 2.36. The molecule has 3 rings (SSSR count). The molecule has 1 saturated carbocycles. The fourth-order valence-electron chi connectivity index (χ4n) is 3.65. The van der Waals surface area contributed by atoms with Crippen molar-refractivity contribution >= 4 is 41.0 Å². The van der Waals surface area contributed by atoms with Crippen molar-refractivity contribution in [2.45, 2.75) is 55.5 Å². The summed E-state index contributed by atoms with van der Waals surface area (Å²) in [6.45, 7) is 2.73. The lowest BCUT2D eigenvalue weighted by Gasteiger charge is -2.46. The zero-order chi connectivity index (χ0) is 25.4. The molecule has 1 aliphatic heterocycles. The van der Waals surface area contributed by atoms with Crippen LogP contribution in [0.2, 0.25) is 0 Å². The Morgan fingerprint density at radius 3 is 2.41 bits per heavy atom. The van der Waals surface area contributed by atoms with Crippen LogP contribution in [-0.2, 0) is 25.5 Å². The van der Waals surface area contributed by atoms with Gasteiger partial charge in [-0.25, -0.2) is 14.4 Å². The lowest BCUT2D eigenvalue weighted by atomic mass is 9.92. The van der Waals surface area contributed by atoms with Crippen LogP contribution in [0.15, 0.2) is 23.3 Å². The van der Waals surface area contributed by atoms with Gasteiger partial charge >= 0.3 is 5.97 Å². The van der Waals surface area contributed by atoms with E-state index in [-0.39, 0.29) is 24.8 Å². The third kappa shape index (κ3) is 4.59. The number of hydrogen-bond acceptors (Lipinski definition) is 8. The van der Waals surface area contributed by atoms with Gasteiger partial charge in [0, 0.05) is 24.2 Å². The molecule has 1 aromatic rings. The van der Waals surface area contributed by atoms with E-state index in [1.807, 2.05) is 0 Å². The smallest absolute Gasteiger partial charge is 0.328 e. The number of hydrazone groups is 1. The van der Waals surface area contributed by atoms with Crippen LogP contribution in [0.4, 0.5) is 0 Å². The molecule has 1 heterocycles. The van der Waals surface area contributed by atoms with Gasteiger partial charge in [0.05, 0.1) is 0 Å². The second kappa shape index (κ2) is 9.02. The van der Waals surface area contributed by atoms with Crippen LogP contribution in [0.1, 0.15) is 43.5 Å². The van der Waals surface area contributed by atoms with Crippen LogP contribution in [0.5, 0.6) is 11.5 Å². The zero-order valence-electron chi connectivity index (χ0n) is 18.2. The van der Waals surface area contributed by atoms with E-state index >= 15 is 0 Å². The van der Waals surface area contributed by atoms with Crippen molar-refractivity contribution in [2.75, 3.05) is 0 Å². The second-order valence-electron chi connectivity index (χ2n) is 8.47. The number of carbonyl (C=O) groups is 4. The van der Waals surface area contributed by atoms with E-state index in [4.69, 9.17) is 0 Å². The molecule has 1 aliphatic carbocycles. The van der Waals surface area contributed by atoms with Crippen LogP contribution >= 0.6 is 0 Å². The molecule has 0 radical (unpaired) electrons. The van der Waals surface area contributed by atoms with Crippen molar-refractivity contribution in [1.29, 1.82) is 0 Å². The van der Waals surface area contributed by atoms with Crippen LogP contribution < -0.4 is 10.7 Å². The summed E-state index contributed by atoms with van der Waals surface area (Å²) in [6.07, 6.45) is 1.44. The molecule has 14 heteroatoms. The maximum absolute atomic E-state index is 12.6. The number of amides is 3. The number of likely N-dealkylation sites (tertiary alicyclic amines) is 1. The van der Waals surface area contributed by atoms with Gasteiger partial charge in [0.25, 0.3) is 11.8 Å². The zero-order valence-corrected chi connectivity index (χ0v) is 19.0. The molecule has 1 aromatic carbocycles. The van der Waals surface area contributed by atoms with Crippen molar-refractivity contribution in [1.82, 2.24) is 15.6 Å². The number of phenols is 2. The fourth-order valence-corrected chi connectivity index (χ4v) is 4.20. The summed E-state index contributed by atoms with van der Waals surface area (Å²) in [5.74, 6) is -4.36. The molecule has 0 bridgehead atoms. The third-order valence-corrected chi connectivity index (χ3v) is 7.01. The van der Waals surface area contributed by atoms with Gasteiger partial charge in [-0.15, -0.1) is 0 Å². The van der Waals surface area contributed by atoms with Gasteiger partial charge in [-0.1, -0.05) is 0 Å². The Balaban J connectivity index is 1.73. The van der Waals surface area contributed by atoms with E-state index in [0.717, 1.165) is 30.2 Å². The molecule has 2 fully saturated rings. The number of aromatic hydroxyl groups is 2. The number of β-lactam (4-membered cyclic amide) rings is 1. The third-order valence-electron chi connectivity index (χ3n) is 5.93. The number of rotatable bonds is 9. The SMILES string of the molecule is C[C@@H]1CC(=O)N1[C@@H](C(=O)O)[C@](C)(/C=N/NC(=O)C1(NC(=O)c2ccc(O)c(O)c2)CC1)S(=O)O. The first kappa shape index (κ1) is 25.1. The van der Waals surface area contributed by atoms with Crippen molar-refractivity contribution in [2.24, 2.45) is 5.10 Å². The van der Waals surface area contributed by atoms with Crippen LogP contribution in [0, 0.1) is 0 Å². The van der Waals surface area contributed by atoms with Gasteiger partial charge in [0.15, 0.2) is 28.6 Å². The quantitative estimate of drug-likeness (QED) is 0.0856. The normalized spacial score (nSPS) is 22.3. The minimum Gasteiger partial charge on any atom is -0.504 e. The Labute approximate surface area is 196 Å². The van der Waals surface area contributed by atoms with Crippen molar-refractivity contribution in [3.8, 4) is 11.5 Å². The number of carboxylic acids is 1. The molecule has 4 atom stereocenters. The molecule has 34 heavy (non-hydrogen) atoms. The van der Waals surface area contributed by atoms with Gasteiger partial charge in [-0.05, 0) is 44.9 Å². The highest BCUT2D eigenvalue weighted by Gasteiger charge is 2.54. The first-order chi connectivity index (χ1) is 15.8. The largest absolute Gasteiger partial charge is 0.504 e. The summed E-state index contributed by atoms with van der Waals surface area (Å²) in [5, 5.41) is 34.7. The maximum atomic E-state index is 12.6. The van der Waals surface area contributed by atoms with Gasteiger partial charge in [0.2, 0.25) is 5.91 Å². The maximum Gasteiger partial charge on any atom is 0.328 e. The van der Waals surface area contributed by atoms with E-state index in [2.05, 4.69) is 15.8 Å². The Morgan fingerprint density at radius 1 is 1.29 bits per heavy atom. The number of nitrogens with one attached hydrogen (secondary N) is 2. The van der Waals surface area contributed by atoms with Crippen LogP contribution in [0.25, 0.3) is 0 Å². The minimum atomic E-state index is -2.79. The highest BCUT2D eigenvalue weighted by molar-refractivity contribution is 7.81. The van der Waals surface area contributed by atoms with Crippen molar-refractivity contribution < 1.29 is 43.3 Å². The summed E-state index contributed by atoms with van der Waals surface area (Å²) < 4.78 is 19.9. The summed E-state index contributed by atoms with van der Waals surface area (Å²) >= 11 is -2.79. The average Bonchev–Trinajstić information content (AvgIpc) is 3.53. The molecule has 2 aliphatic rings. The fraction of sp³-hybridized carbons (Fsp3) is 0.450. The summed E-state index contributed by atoms with van der Waals surface area (Å²) in [6, 6.07) is 1.24. The van der Waals surface area contributed by atoms with E-state index < -0.39 is 68.6 Å². The predicted molar refractivity (Wildman–Crippen MR) is 117 cm³/mol. The minimum absolute atomic E-state index is 0.00114. The number of nitrogens with zero attached hydrogens (tertiary/aromatic N) is 2. The Hall–Kier alpha value is -3.52. The van der Waals surface area contributed by atoms with E-state index in [1.165, 1.54) is 6.07 Å². The number of carbonyl (C=O) groups excluding carboxylic acids is 3. The highest BCUT2D eigenvalue weighted by atomic mass is 32.2. The van der Waals surface area contributed by atoms with E-state index in [9.17, 15) is 43.3 Å². The molecular formula is C20H24N4O9S. The molecule has 184 valence electrons. The number of phenolic OH excluding ortho intramolecular Hbond substituents is 2. The molecule has 13 nitrogen and oxygen atoms in total. The van der Waals surface area contributed by atoms with E-state index in [0.29, 0.717) is 0 Å². The molecule has 1 unspecified atom stereocenters. The molecule has 0 aromatic heterocycles. The molecule has 3 amide bonds. The van der Waals surface area contributed by atoms with Crippen LogP contribution in [0.3, 0.4) is 0 Å². The average molecular weight is 496 g/mol. The predicted octanol–water partition coefficient (Wildman–Crippen LogP) is -0.483.